The van der Waals surface area contributed by atoms with E-state index in [0.717, 1.165) is 45.0 Å². The van der Waals surface area contributed by atoms with Crippen molar-refractivity contribution >= 4 is 11.6 Å². The van der Waals surface area contributed by atoms with Crippen LogP contribution in [0.25, 0.3) is 33.6 Å². The van der Waals surface area contributed by atoms with Gasteiger partial charge in [0.1, 0.15) is 18.2 Å². The Labute approximate surface area is 173 Å². The number of hydrogen-bond donors (Lipinski definition) is 0. The number of rotatable bonds is 2. The van der Waals surface area contributed by atoms with Gasteiger partial charge in [-0.25, -0.2) is 9.37 Å². The van der Waals surface area contributed by atoms with Crippen LogP contribution in [0.1, 0.15) is 11.1 Å². The maximum Gasteiger partial charge on any atom is 0.129 e. The van der Waals surface area contributed by atoms with Gasteiger partial charge in [-0.05, 0) is 66.6 Å². The molecule has 0 bridgehead atoms. The fourth-order valence-electron chi connectivity index (χ4n) is 3.66. The van der Waals surface area contributed by atoms with Crippen molar-refractivity contribution < 1.29 is 9.13 Å². The van der Waals surface area contributed by atoms with Crippen LogP contribution in [0.3, 0.4) is 0 Å². The predicted octanol–water partition coefficient (Wildman–Crippen LogP) is 7.08. The monoisotopic (exact) mass is 401 g/mol. The summed E-state index contributed by atoms with van der Waals surface area (Å²) in [5.41, 5.74) is 7.73. The van der Waals surface area contributed by atoms with E-state index >= 15 is 0 Å². The summed E-state index contributed by atoms with van der Waals surface area (Å²) in [5, 5.41) is 0.631. The van der Waals surface area contributed by atoms with E-state index in [2.05, 4.69) is 37.3 Å². The van der Waals surface area contributed by atoms with E-state index in [1.807, 2.05) is 18.2 Å². The Balaban J connectivity index is 1.79. The van der Waals surface area contributed by atoms with E-state index in [0.29, 0.717) is 11.6 Å². The molecule has 0 aliphatic carbocycles. The Morgan fingerprint density at radius 1 is 0.862 bits per heavy atom. The molecule has 0 unspecified atom stereocenters. The molecule has 0 fully saturated rings. The number of nitrogens with zero attached hydrogens (tertiary/aromatic N) is 1. The van der Waals surface area contributed by atoms with E-state index in [-0.39, 0.29) is 5.82 Å². The van der Waals surface area contributed by atoms with Crippen LogP contribution in [-0.4, -0.2) is 4.98 Å². The maximum atomic E-state index is 13.4. The number of halogens is 2. The van der Waals surface area contributed by atoms with Crippen molar-refractivity contribution in [3.8, 4) is 39.4 Å². The average molecular weight is 402 g/mol. The van der Waals surface area contributed by atoms with Crippen molar-refractivity contribution in [3.63, 3.8) is 0 Å². The molecule has 4 aromatic rings. The zero-order valence-corrected chi connectivity index (χ0v) is 16.5. The molecule has 1 aliphatic rings. The molecule has 0 N–H and O–H groups in total. The summed E-state index contributed by atoms with van der Waals surface area (Å²) >= 11 is 6.27. The lowest BCUT2D eigenvalue weighted by Crippen LogP contribution is -2.09. The van der Waals surface area contributed by atoms with Crippen molar-refractivity contribution in [1.29, 1.82) is 0 Å². The van der Waals surface area contributed by atoms with E-state index in [1.54, 1.807) is 12.1 Å². The minimum absolute atomic E-state index is 0.268. The van der Waals surface area contributed by atoms with Crippen LogP contribution in [0.2, 0.25) is 5.02 Å². The highest BCUT2D eigenvalue weighted by Crippen LogP contribution is 2.43. The SMILES string of the molecule is Cc1ccc(-c2cc(-c3ccc(F)cc3)nc3c2COc2ccc(Cl)cc2-3)cc1. The molecule has 0 radical (unpaired) electrons. The second-order valence-electron chi connectivity index (χ2n) is 7.18. The van der Waals surface area contributed by atoms with Crippen molar-refractivity contribution in [2.45, 2.75) is 13.5 Å². The van der Waals surface area contributed by atoms with Gasteiger partial charge in [-0.3, -0.25) is 0 Å². The Kier molecular flexibility index (Phi) is 4.33. The number of ether oxygens (including phenoxy) is 1. The normalized spacial score (nSPS) is 12.1. The van der Waals surface area contributed by atoms with Crippen molar-refractivity contribution in [3.05, 3.63) is 94.8 Å². The van der Waals surface area contributed by atoms with Crippen LogP contribution < -0.4 is 4.74 Å². The summed E-state index contributed by atoms with van der Waals surface area (Å²) in [6.07, 6.45) is 0. The molecule has 0 spiro atoms. The van der Waals surface area contributed by atoms with Gasteiger partial charge in [0.2, 0.25) is 0 Å². The van der Waals surface area contributed by atoms with Crippen molar-refractivity contribution in [1.82, 2.24) is 4.98 Å². The predicted molar refractivity (Wildman–Crippen MR) is 115 cm³/mol. The molecule has 0 saturated carbocycles. The molecule has 2 nitrogen and oxygen atoms in total. The number of benzene rings is 3. The highest BCUT2D eigenvalue weighted by atomic mass is 35.5. The third kappa shape index (κ3) is 3.28. The summed E-state index contributed by atoms with van der Waals surface area (Å²) in [4.78, 5) is 4.94. The molecule has 0 amide bonds. The van der Waals surface area contributed by atoms with E-state index in [4.69, 9.17) is 21.3 Å². The molecule has 3 aromatic carbocycles. The van der Waals surface area contributed by atoms with Gasteiger partial charge in [0.15, 0.2) is 0 Å². The first kappa shape index (κ1) is 17.9. The first-order chi connectivity index (χ1) is 14.1. The number of aromatic nitrogens is 1. The Morgan fingerprint density at radius 2 is 1.59 bits per heavy atom. The Hall–Kier alpha value is -3.17. The van der Waals surface area contributed by atoms with E-state index in [9.17, 15) is 4.39 Å². The van der Waals surface area contributed by atoms with Crippen LogP contribution in [0.15, 0.2) is 72.8 Å². The second-order valence-corrected chi connectivity index (χ2v) is 7.62. The molecular weight excluding hydrogens is 385 g/mol. The van der Waals surface area contributed by atoms with Gasteiger partial charge in [0, 0.05) is 21.7 Å². The van der Waals surface area contributed by atoms with Gasteiger partial charge in [0.25, 0.3) is 0 Å². The third-order valence-electron chi connectivity index (χ3n) is 5.20. The molecule has 4 heteroatoms. The summed E-state index contributed by atoms with van der Waals surface area (Å²) < 4.78 is 19.5. The van der Waals surface area contributed by atoms with Gasteiger partial charge in [-0.15, -0.1) is 0 Å². The van der Waals surface area contributed by atoms with Crippen LogP contribution in [0, 0.1) is 12.7 Å². The van der Waals surface area contributed by atoms with Crippen LogP contribution in [0.5, 0.6) is 5.75 Å². The number of hydrogen-bond acceptors (Lipinski definition) is 2. The Bertz CT molecular complexity index is 1220. The topological polar surface area (TPSA) is 22.1 Å². The van der Waals surface area contributed by atoms with Crippen LogP contribution in [0.4, 0.5) is 4.39 Å². The minimum atomic E-state index is -0.268. The average Bonchev–Trinajstić information content (AvgIpc) is 2.74. The molecule has 1 aliphatic heterocycles. The van der Waals surface area contributed by atoms with Gasteiger partial charge in [-0.1, -0.05) is 41.4 Å². The third-order valence-corrected chi connectivity index (χ3v) is 5.43. The summed E-state index contributed by atoms with van der Waals surface area (Å²) in [7, 11) is 0. The smallest absolute Gasteiger partial charge is 0.129 e. The fourth-order valence-corrected chi connectivity index (χ4v) is 3.83. The van der Waals surface area contributed by atoms with Crippen LogP contribution >= 0.6 is 11.6 Å². The molecular formula is C25H17ClFNO. The largest absolute Gasteiger partial charge is 0.488 e. The molecule has 2 heterocycles. The molecule has 142 valence electrons. The van der Waals surface area contributed by atoms with E-state index < -0.39 is 0 Å². The van der Waals surface area contributed by atoms with Crippen LogP contribution in [-0.2, 0) is 6.61 Å². The van der Waals surface area contributed by atoms with Gasteiger partial charge < -0.3 is 4.74 Å². The van der Waals surface area contributed by atoms with E-state index in [1.165, 1.54) is 17.7 Å². The minimum Gasteiger partial charge on any atom is -0.488 e. The summed E-state index contributed by atoms with van der Waals surface area (Å²) in [6.45, 7) is 2.50. The molecule has 0 saturated heterocycles. The molecule has 1 aromatic heterocycles. The zero-order valence-electron chi connectivity index (χ0n) is 15.7. The van der Waals surface area contributed by atoms with Crippen molar-refractivity contribution in [2.24, 2.45) is 0 Å². The number of aryl methyl sites for hydroxylation is 1. The lowest BCUT2D eigenvalue weighted by atomic mass is 9.92. The number of fused-ring (bicyclic) bond motifs is 3. The molecule has 0 atom stereocenters. The number of pyridine rings is 1. The standard InChI is InChI=1S/C25H17ClFNO/c1-15-2-4-16(5-3-15)20-13-23(17-6-9-19(27)10-7-17)28-25-21-12-18(26)8-11-24(21)29-14-22(20)25/h2-13H,14H2,1H3. The quantitative estimate of drug-likeness (QED) is 0.358. The maximum absolute atomic E-state index is 13.4. The lowest BCUT2D eigenvalue weighted by Gasteiger charge is -2.24. The second kappa shape index (κ2) is 7.02. The molecule has 5 rings (SSSR count). The lowest BCUT2D eigenvalue weighted by molar-refractivity contribution is 0.302. The van der Waals surface area contributed by atoms with Crippen molar-refractivity contribution in [2.75, 3.05) is 0 Å². The summed E-state index contributed by atoms with van der Waals surface area (Å²) in [6, 6.07) is 22.4. The Morgan fingerprint density at radius 3 is 2.34 bits per heavy atom. The van der Waals surface area contributed by atoms with Gasteiger partial charge >= 0.3 is 0 Å². The zero-order chi connectivity index (χ0) is 20.0. The molecule has 29 heavy (non-hydrogen) atoms. The van der Waals surface area contributed by atoms with Gasteiger partial charge in [0.05, 0.1) is 11.4 Å². The fraction of sp³-hybridized carbons (Fsp3) is 0.0800. The van der Waals surface area contributed by atoms with Gasteiger partial charge in [-0.2, -0.15) is 0 Å². The first-order valence-electron chi connectivity index (χ1n) is 9.38. The summed E-state index contributed by atoms with van der Waals surface area (Å²) in [5.74, 6) is 0.497. The highest BCUT2D eigenvalue weighted by Gasteiger charge is 2.24. The highest BCUT2D eigenvalue weighted by molar-refractivity contribution is 6.31. The first-order valence-corrected chi connectivity index (χ1v) is 9.76.